The van der Waals surface area contributed by atoms with Gasteiger partial charge in [0.15, 0.2) is 5.96 Å². The van der Waals surface area contributed by atoms with Crippen molar-refractivity contribution in [3.63, 3.8) is 0 Å². The molecule has 1 atom stereocenters. The van der Waals surface area contributed by atoms with E-state index in [1.807, 2.05) is 32.0 Å². The van der Waals surface area contributed by atoms with E-state index in [0.29, 0.717) is 48.0 Å². The second-order valence-corrected chi connectivity index (χ2v) is 7.51. The number of hydrogen-bond acceptors (Lipinski definition) is 6. The number of halogens is 1. The molecule has 0 aliphatic rings. The lowest BCUT2D eigenvalue weighted by atomic mass is 10.0. The highest BCUT2D eigenvalue weighted by molar-refractivity contribution is 6.30. The molecule has 3 N–H and O–H groups in total. The minimum Gasteiger partial charge on any atom is -0.463 e. The largest absolute Gasteiger partial charge is 0.463 e. The van der Waals surface area contributed by atoms with Crippen molar-refractivity contribution in [2.75, 3.05) is 19.6 Å². The number of aliphatic imine (C=N–C) groups is 1. The van der Waals surface area contributed by atoms with Gasteiger partial charge < -0.3 is 24.7 Å². The van der Waals surface area contributed by atoms with Crippen LogP contribution in [0.3, 0.4) is 0 Å². The Bertz CT molecular complexity index is 996. The Morgan fingerprint density at radius 3 is 2.80 bits per heavy atom. The minimum absolute atomic E-state index is 0.148. The first-order valence-electron chi connectivity index (χ1n) is 9.77. The zero-order valence-corrected chi connectivity index (χ0v) is 18.0. The number of nitrogens with zero attached hydrogens (tertiary/aromatic N) is 3. The van der Waals surface area contributed by atoms with Crippen LogP contribution in [0, 0.1) is 6.92 Å². The maximum Gasteiger partial charge on any atom is 0.228 e. The highest BCUT2D eigenvalue weighted by atomic mass is 35.5. The van der Waals surface area contributed by atoms with E-state index in [2.05, 4.69) is 25.8 Å². The van der Waals surface area contributed by atoms with Crippen molar-refractivity contribution < 1.29 is 14.0 Å². The Labute approximate surface area is 180 Å². The summed E-state index contributed by atoms with van der Waals surface area (Å²) in [6.07, 6.45) is 0.520. The molecule has 0 radical (unpaired) electrons. The summed E-state index contributed by atoms with van der Waals surface area (Å²) in [6.45, 7) is 6.85. The number of rotatable bonds is 8. The van der Waals surface area contributed by atoms with Gasteiger partial charge in [0.1, 0.15) is 17.1 Å². The highest BCUT2D eigenvalue weighted by Crippen LogP contribution is 2.23. The van der Waals surface area contributed by atoms with E-state index in [1.165, 1.54) is 0 Å². The van der Waals surface area contributed by atoms with Gasteiger partial charge in [0.25, 0.3) is 0 Å². The predicted molar refractivity (Wildman–Crippen MR) is 115 cm³/mol. The Hall–Kier alpha value is -2.84. The van der Waals surface area contributed by atoms with Crippen LogP contribution in [0.2, 0.25) is 5.02 Å². The molecule has 8 nitrogen and oxygen atoms in total. The Kier molecular flexibility index (Phi) is 7.12. The first-order valence-corrected chi connectivity index (χ1v) is 10.1. The molecule has 2 heterocycles. The van der Waals surface area contributed by atoms with Gasteiger partial charge in [-0.05, 0) is 45.0 Å². The molecule has 0 fully saturated rings. The van der Waals surface area contributed by atoms with E-state index in [-0.39, 0.29) is 6.54 Å². The molecular formula is C21H26ClN5O3. The molecule has 3 rings (SSSR count). The van der Waals surface area contributed by atoms with Gasteiger partial charge in [0.2, 0.25) is 11.7 Å². The summed E-state index contributed by atoms with van der Waals surface area (Å²) in [5.74, 6) is 2.81. The van der Waals surface area contributed by atoms with Crippen molar-refractivity contribution in [2.24, 2.45) is 4.99 Å². The van der Waals surface area contributed by atoms with Crippen LogP contribution in [0.5, 0.6) is 0 Å². The van der Waals surface area contributed by atoms with Crippen LogP contribution in [0.1, 0.15) is 31.3 Å². The van der Waals surface area contributed by atoms with Crippen LogP contribution in [0.4, 0.5) is 0 Å². The first-order chi connectivity index (χ1) is 14.4. The molecule has 2 aromatic heterocycles. The van der Waals surface area contributed by atoms with Crippen LogP contribution in [-0.4, -0.2) is 40.8 Å². The minimum atomic E-state index is -1.20. The van der Waals surface area contributed by atoms with Crippen LogP contribution in [-0.2, 0) is 12.0 Å². The van der Waals surface area contributed by atoms with Crippen molar-refractivity contribution in [1.82, 2.24) is 20.8 Å². The Morgan fingerprint density at radius 1 is 1.27 bits per heavy atom. The van der Waals surface area contributed by atoms with E-state index >= 15 is 0 Å². The maximum atomic E-state index is 10.7. The van der Waals surface area contributed by atoms with E-state index < -0.39 is 5.60 Å². The van der Waals surface area contributed by atoms with Crippen LogP contribution >= 0.6 is 11.6 Å². The lowest BCUT2D eigenvalue weighted by Crippen LogP contribution is -2.39. The van der Waals surface area contributed by atoms with Crippen LogP contribution in [0.15, 0.2) is 50.3 Å². The summed E-state index contributed by atoms with van der Waals surface area (Å²) in [5.41, 5.74) is -0.398. The van der Waals surface area contributed by atoms with E-state index in [9.17, 15) is 5.11 Å². The second-order valence-electron chi connectivity index (χ2n) is 7.08. The third kappa shape index (κ3) is 5.84. The first kappa shape index (κ1) is 21.9. The monoisotopic (exact) mass is 431 g/mol. The lowest BCUT2D eigenvalue weighted by Gasteiger charge is -2.19. The maximum absolute atomic E-state index is 10.7. The van der Waals surface area contributed by atoms with Gasteiger partial charge in [-0.1, -0.05) is 28.9 Å². The fourth-order valence-corrected chi connectivity index (χ4v) is 2.96. The molecule has 160 valence electrons. The van der Waals surface area contributed by atoms with Crippen molar-refractivity contribution >= 4 is 17.6 Å². The number of aromatic nitrogens is 2. The molecule has 0 saturated carbocycles. The number of guanidine groups is 1. The topological polar surface area (TPSA) is 109 Å². The molecular weight excluding hydrogens is 406 g/mol. The van der Waals surface area contributed by atoms with E-state index in [4.69, 9.17) is 20.5 Å². The summed E-state index contributed by atoms with van der Waals surface area (Å²) in [6, 6.07) is 10.9. The number of aliphatic hydroxyl groups is 1. The third-order valence-electron chi connectivity index (χ3n) is 4.34. The summed E-state index contributed by atoms with van der Waals surface area (Å²) in [5, 5.41) is 21.6. The molecule has 0 aliphatic carbocycles. The molecule has 3 aromatic rings. The summed E-state index contributed by atoms with van der Waals surface area (Å²) < 4.78 is 10.8. The van der Waals surface area contributed by atoms with Crippen molar-refractivity contribution in [3.8, 4) is 11.4 Å². The predicted octanol–water partition coefficient (Wildman–Crippen LogP) is 3.30. The van der Waals surface area contributed by atoms with Crippen LogP contribution < -0.4 is 10.6 Å². The average molecular weight is 432 g/mol. The van der Waals surface area contributed by atoms with Gasteiger partial charge in [-0.25, -0.2) is 4.99 Å². The number of hydrogen-bond donors (Lipinski definition) is 3. The number of benzene rings is 1. The van der Waals surface area contributed by atoms with E-state index in [0.717, 1.165) is 11.3 Å². The molecule has 0 spiro atoms. The van der Waals surface area contributed by atoms with Gasteiger partial charge >= 0.3 is 0 Å². The number of nitrogens with one attached hydrogen (secondary N) is 2. The van der Waals surface area contributed by atoms with Gasteiger partial charge in [-0.3, -0.25) is 0 Å². The lowest BCUT2D eigenvalue weighted by molar-refractivity contribution is 0.0428. The quantitative estimate of drug-likeness (QED) is 0.371. The summed E-state index contributed by atoms with van der Waals surface area (Å²) in [4.78, 5) is 8.87. The smallest absolute Gasteiger partial charge is 0.228 e. The average Bonchev–Trinajstić information content (AvgIpc) is 3.36. The normalized spacial score (nSPS) is 13.8. The van der Waals surface area contributed by atoms with Gasteiger partial charge in [-0.2, -0.15) is 4.98 Å². The highest BCUT2D eigenvalue weighted by Gasteiger charge is 2.26. The van der Waals surface area contributed by atoms with E-state index in [1.54, 1.807) is 25.1 Å². The molecule has 0 saturated heterocycles. The number of furan rings is 1. The van der Waals surface area contributed by atoms with Crippen molar-refractivity contribution in [2.45, 2.75) is 32.8 Å². The molecule has 0 bridgehead atoms. The van der Waals surface area contributed by atoms with Crippen LogP contribution in [0.25, 0.3) is 11.4 Å². The zero-order valence-electron chi connectivity index (χ0n) is 17.3. The van der Waals surface area contributed by atoms with Gasteiger partial charge in [-0.15, -0.1) is 0 Å². The fourth-order valence-electron chi connectivity index (χ4n) is 2.77. The van der Waals surface area contributed by atoms with Crippen molar-refractivity contribution in [1.29, 1.82) is 0 Å². The SMILES string of the molecule is CCNC(=NCC(C)(O)c1ccc(C)o1)NCCc1nc(-c2cccc(Cl)c2)no1. The second kappa shape index (κ2) is 9.77. The standard InChI is InChI=1S/C21H26ClN5O3/c1-4-23-20(25-13-21(3,28)17-9-8-14(2)29-17)24-11-10-18-26-19(27-30-18)15-6-5-7-16(22)12-15/h5-9,12,28H,4,10-11,13H2,1-3H3,(H2,23,24,25). The Balaban J connectivity index is 1.56. The summed E-state index contributed by atoms with van der Waals surface area (Å²) >= 11 is 6.01. The molecule has 1 unspecified atom stereocenters. The molecule has 30 heavy (non-hydrogen) atoms. The summed E-state index contributed by atoms with van der Waals surface area (Å²) in [7, 11) is 0. The molecule has 1 aromatic carbocycles. The number of aryl methyl sites for hydroxylation is 1. The van der Waals surface area contributed by atoms with Gasteiger partial charge in [0.05, 0.1) is 6.54 Å². The fraction of sp³-hybridized carbons (Fsp3) is 0.381. The van der Waals surface area contributed by atoms with Crippen molar-refractivity contribution in [3.05, 3.63) is 58.8 Å². The molecule has 0 amide bonds. The molecule has 9 heteroatoms. The zero-order chi connectivity index (χ0) is 21.6. The molecule has 0 aliphatic heterocycles. The third-order valence-corrected chi connectivity index (χ3v) is 4.58. The van der Waals surface area contributed by atoms with Gasteiger partial charge in [0, 0.05) is 30.1 Å². The Morgan fingerprint density at radius 2 is 2.10 bits per heavy atom.